The van der Waals surface area contributed by atoms with Gasteiger partial charge in [-0.25, -0.2) is 15.0 Å². The van der Waals surface area contributed by atoms with Gasteiger partial charge >= 0.3 is 0 Å². The average molecular weight is 389 g/mol. The van der Waals surface area contributed by atoms with Crippen LogP contribution in [0.4, 0.5) is 0 Å². The van der Waals surface area contributed by atoms with Gasteiger partial charge in [0.05, 0.1) is 10.4 Å². The molecule has 0 amide bonds. The maximum atomic E-state index is 4.82. The molecule has 4 aromatic rings. The molecule has 0 saturated heterocycles. The largest absolute Gasteiger partial charge is 0.349 e. The van der Waals surface area contributed by atoms with Gasteiger partial charge in [-0.05, 0) is 31.0 Å². The van der Waals surface area contributed by atoms with Crippen molar-refractivity contribution in [3.8, 4) is 21.1 Å². The molecule has 0 saturated carbocycles. The topological polar surface area (TPSA) is 68.3 Å². The number of amidine groups is 1. The van der Waals surface area contributed by atoms with Crippen LogP contribution in [0, 0.1) is 0 Å². The predicted octanol–water partition coefficient (Wildman–Crippen LogP) is 4.64. The Kier molecular flexibility index (Phi) is 5.86. The number of pyridine rings is 2. The van der Waals surface area contributed by atoms with Crippen LogP contribution in [0.25, 0.3) is 32.0 Å². The van der Waals surface area contributed by atoms with Crippen LogP contribution >= 0.6 is 11.3 Å². The molecule has 0 N–H and O–H groups in total. The third-order valence-electron chi connectivity index (χ3n) is 4.09. The molecule has 0 spiro atoms. The molecule has 4 aromatic heterocycles. The number of aliphatic imine (C=N–C) groups is 2. The van der Waals surface area contributed by atoms with Crippen molar-refractivity contribution in [2.75, 3.05) is 7.05 Å². The SMILES string of the molecule is C=C.C=NC(=NC)c1cc2ccn(C)c2c(-c2cnc(-c3cccnc3)s2)n1. The molecule has 0 bridgehead atoms. The van der Waals surface area contributed by atoms with Crippen molar-refractivity contribution >= 4 is 34.8 Å². The van der Waals surface area contributed by atoms with E-state index >= 15 is 0 Å². The highest BCUT2D eigenvalue weighted by Gasteiger charge is 2.16. The van der Waals surface area contributed by atoms with Gasteiger partial charge in [0.25, 0.3) is 0 Å². The lowest BCUT2D eigenvalue weighted by molar-refractivity contribution is 0.966. The van der Waals surface area contributed by atoms with Crippen molar-refractivity contribution in [3.63, 3.8) is 0 Å². The fourth-order valence-corrected chi connectivity index (χ4v) is 3.78. The van der Waals surface area contributed by atoms with E-state index in [2.05, 4.69) is 50.5 Å². The highest BCUT2D eigenvalue weighted by Crippen LogP contribution is 2.35. The minimum atomic E-state index is 0.522. The fourth-order valence-electron chi connectivity index (χ4n) is 2.88. The first-order chi connectivity index (χ1) is 13.7. The van der Waals surface area contributed by atoms with Gasteiger partial charge in [0.2, 0.25) is 0 Å². The number of thiazole rings is 1. The van der Waals surface area contributed by atoms with Gasteiger partial charge in [0.1, 0.15) is 16.4 Å². The van der Waals surface area contributed by atoms with Crippen molar-refractivity contribution in [1.82, 2.24) is 19.5 Å². The van der Waals surface area contributed by atoms with Gasteiger partial charge in [0, 0.05) is 49.8 Å². The minimum Gasteiger partial charge on any atom is -0.349 e. The van der Waals surface area contributed by atoms with E-state index in [1.807, 2.05) is 43.8 Å². The van der Waals surface area contributed by atoms with Crippen LogP contribution in [0.2, 0.25) is 0 Å². The fraction of sp³-hybridized carbons (Fsp3) is 0.0952. The normalized spacial score (nSPS) is 11.1. The summed E-state index contributed by atoms with van der Waals surface area (Å²) in [7, 11) is 3.70. The second-order valence-electron chi connectivity index (χ2n) is 5.70. The Balaban J connectivity index is 0.00000109. The Morgan fingerprint density at radius 2 is 2.04 bits per heavy atom. The summed E-state index contributed by atoms with van der Waals surface area (Å²) >= 11 is 1.59. The van der Waals surface area contributed by atoms with Crippen molar-refractivity contribution in [2.24, 2.45) is 17.0 Å². The summed E-state index contributed by atoms with van der Waals surface area (Å²) < 4.78 is 2.06. The number of aromatic nitrogens is 4. The first-order valence-electron chi connectivity index (χ1n) is 8.48. The van der Waals surface area contributed by atoms with Gasteiger partial charge in [-0.15, -0.1) is 24.5 Å². The van der Waals surface area contributed by atoms with Crippen LogP contribution in [0.15, 0.2) is 72.2 Å². The van der Waals surface area contributed by atoms with Crippen LogP contribution in [0.5, 0.6) is 0 Å². The molecule has 28 heavy (non-hydrogen) atoms. The zero-order chi connectivity index (χ0) is 20.1. The van der Waals surface area contributed by atoms with Crippen LogP contribution in [-0.4, -0.2) is 39.1 Å². The molecule has 7 heteroatoms. The molecule has 0 radical (unpaired) electrons. The van der Waals surface area contributed by atoms with E-state index in [0.717, 1.165) is 32.0 Å². The molecular formula is C21H20N6S. The first kappa shape index (κ1) is 19.3. The molecule has 6 nitrogen and oxygen atoms in total. The summed E-state index contributed by atoms with van der Waals surface area (Å²) in [6, 6.07) is 7.95. The molecule has 0 aliphatic rings. The highest BCUT2D eigenvalue weighted by molar-refractivity contribution is 7.18. The number of aryl methyl sites for hydroxylation is 1. The molecule has 0 aliphatic carbocycles. The van der Waals surface area contributed by atoms with Gasteiger partial charge in [-0.3, -0.25) is 9.98 Å². The lowest BCUT2D eigenvalue weighted by Crippen LogP contribution is -2.02. The Morgan fingerprint density at radius 3 is 2.71 bits per heavy atom. The summed E-state index contributed by atoms with van der Waals surface area (Å²) in [5.74, 6) is 0.522. The molecular weight excluding hydrogens is 368 g/mol. The van der Waals surface area contributed by atoms with E-state index in [-0.39, 0.29) is 0 Å². The van der Waals surface area contributed by atoms with E-state index < -0.39 is 0 Å². The zero-order valence-electron chi connectivity index (χ0n) is 15.8. The Hall–Kier alpha value is -3.45. The third kappa shape index (κ3) is 3.52. The number of hydrogen-bond donors (Lipinski definition) is 0. The zero-order valence-corrected chi connectivity index (χ0v) is 16.6. The van der Waals surface area contributed by atoms with Crippen molar-refractivity contribution < 1.29 is 0 Å². The van der Waals surface area contributed by atoms with Gasteiger partial charge in [-0.1, -0.05) is 0 Å². The molecule has 0 unspecified atom stereocenters. The minimum absolute atomic E-state index is 0.522. The quantitative estimate of drug-likeness (QED) is 0.292. The van der Waals surface area contributed by atoms with E-state index in [1.165, 1.54) is 0 Å². The molecule has 0 aliphatic heterocycles. The molecule has 0 aromatic carbocycles. The lowest BCUT2D eigenvalue weighted by atomic mass is 10.2. The van der Waals surface area contributed by atoms with Gasteiger partial charge in [-0.2, -0.15) is 0 Å². The van der Waals surface area contributed by atoms with Gasteiger partial charge < -0.3 is 4.57 Å². The number of nitrogens with zero attached hydrogens (tertiary/aromatic N) is 6. The summed E-state index contributed by atoms with van der Waals surface area (Å²) in [6.45, 7) is 9.60. The number of rotatable bonds is 3. The van der Waals surface area contributed by atoms with Crippen molar-refractivity contribution in [1.29, 1.82) is 0 Å². The standard InChI is InChI=1S/C19H16N6S.C2H4/c1-20-18(21-2)14-9-12-6-8-25(3)17(12)16(24-14)15-11-23-19(26-15)13-5-4-7-22-10-13;1-2/h4-11H,1H2,2-3H3;1-2H2. The second kappa shape index (κ2) is 8.49. The summed E-state index contributed by atoms with van der Waals surface area (Å²) in [6.07, 6.45) is 7.45. The van der Waals surface area contributed by atoms with Crippen LogP contribution in [0.1, 0.15) is 5.69 Å². The predicted molar refractivity (Wildman–Crippen MR) is 118 cm³/mol. The molecule has 4 heterocycles. The summed E-state index contributed by atoms with van der Waals surface area (Å²) in [5, 5.41) is 1.99. The highest BCUT2D eigenvalue weighted by atomic mass is 32.1. The van der Waals surface area contributed by atoms with E-state index in [4.69, 9.17) is 4.98 Å². The molecule has 140 valence electrons. The molecule has 4 rings (SSSR count). The summed E-state index contributed by atoms with van der Waals surface area (Å²) in [5.41, 5.74) is 3.61. The Labute approximate surface area is 167 Å². The maximum Gasteiger partial charge on any atom is 0.172 e. The number of hydrogen-bond acceptors (Lipinski definition) is 5. The third-order valence-corrected chi connectivity index (χ3v) is 5.14. The average Bonchev–Trinajstić information content (AvgIpc) is 3.38. The molecule has 0 fully saturated rings. The maximum absolute atomic E-state index is 4.82. The Morgan fingerprint density at radius 1 is 1.21 bits per heavy atom. The molecule has 0 atom stereocenters. The van der Waals surface area contributed by atoms with E-state index in [0.29, 0.717) is 11.5 Å². The number of fused-ring (bicyclic) bond motifs is 1. The van der Waals surface area contributed by atoms with Crippen molar-refractivity contribution in [2.45, 2.75) is 0 Å². The van der Waals surface area contributed by atoms with Gasteiger partial charge in [0.15, 0.2) is 5.84 Å². The van der Waals surface area contributed by atoms with Crippen LogP contribution in [0.3, 0.4) is 0 Å². The summed E-state index contributed by atoms with van der Waals surface area (Å²) in [4.78, 5) is 22.7. The smallest absolute Gasteiger partial charge is 0.172 e. The van der Waals surface area contributed by atoms with E-state index in [1.54, 1.807) is 24.6 Å². The van der Waals surface area contributed by atoms with Crippen molar-refractivity contribution in [3.05, 3.63) is 67.9 Å². The first-order valence-corrected chi connectivity index (χ1v) is 9.29. The monoisotopic (exact) mass is 388 g/mol. The Bertz CT molecular complexity index is 1140. The van der Waals surface area contributed by atoms with Crippen LogP contribution < -0.4 is 0 Å². The van der Waals surface area contributed by atoms with E-state index in [9.17, 15) is 0 Å². The van der Waals surface area contributed by atoms with Crippen LogP contribution in [-0.2, 0) is 7.05 Å². The lowest BCUT2D eigenvalue weighted by Gasteiger charge is -2.07. The second-order valence-corrected chi connectivity index (χ2v) is 6.73.